The number of halogens is 1. The molecule has 0 unspecified atom stereocenters. The first-order chi connectivity index (χ1) is 7.34. The van der Waals surface area contributed by atoms with Crippen molar-refractivity contribution in [2.45, 2.75) is 13.3 Å². The van der Waals surface area contributed by atoms with Gasteiger partial charge in [-0.15, -0.1) is 24.0 Å². The SMILES string of the molecule is CCOCCCN=C(N)N1CCSCC1.I. The number of nitrogens with zero attached hydrogens (tertiary/aromatic N) is 2. The fourth-order valence-electron chi connectivity index (χ4n) is 1.40. The zero-order chi connectivity index (χ0) is 10.9. The zero-order valence-electron chi connectivity index (χ0n) is 9.85. The highest BCUT2D eigenvalue weighted by Crippen LogP contribution is 2.08. The van der Waals surface area contributed by atoms with Crippen LogP contribution >= 0.6 is 35.7 Å². The van der Waals surface area contributed by atoms with Crippen LogP contribution < -0.4 is 5.73 Å². The number of hydrogen-bond acceptors (Lipinski definition) is 3. The van der Waals surface area contributed by atoms with Gasteiger partial charge in [0.1, 0.15) is 0 Å². The highest BCUT2D eigenvalue weighted by atomic mass is 127. The van der Waals surface area contributed by atoms with Crippen molar-refractivity contribution in [1.29, 1.82) is 0 Å². The van der Waals surface area contributed by atoms with Crippen molar-refractivity contribution in [3.63, 3.8) is 0 Å². The Kier molecular flexibility index (Phi) is 10.7. The molecule has 0 aromatic heterocycles. The molecule has 1 fully saturated rings. The lowest BCUT2D eigenvalue weighted by Crippen LogP contribution is -2.42. The molecular weight excluding hydrogens is 337 g/mol. The van der Waals surface area contributed by atoms with Crippen molar-refractivity contribution >= 4 is 41.7 Å². The molecule has 0 aromatic rings. The molecule has 0 atom stereocenters. The van der Waals surface area contributed by atoms with E-state index in [0.29, 0.717) is 5.96 Å². The fraction of sp³-hybridized carbons (Fsp3) is 0.900. The first-order valence-corrected chi connectivity index (χ1v) is 6.70. The van der Waals surface area contributed by atoms with Crippen LogP contribution in [0.25, 0.3) is 0 Å². The summed E-state index contributed by atoms with van der Waals surface area (Å²) >= 11 is 1.98. The van der Waals surface area contributed by atoms with Gasteiger partial charge in [-0.2, -0.15) is 11.8 Å². The van der Waals surface area contributed by atoms with Crippen LogP contribution in [0.15, 0.2) is 4.99 Å². The predicted molar refractivity (Wildman–Crippen MR) is 81.9 cm³/mol. The maximum absolute atomic E-state index is 5.89. The Morgan fingerprint density at radius 1 is 1.44 bits per heavy atom. The van der Waals surface area contributed by atoms with E-state index in [-0.39, 0.29) is 24.0 Å². The van der Waals surface area contributed by atoms with Crippen LogP contribution in [0.3, 0.4) is 0 Å². The van der Waals surface area contributed by atoms with E-state index in [1.807, 2.05) is 18.7 Å². The van der Waals surface area contributed by atoms with Crippen molar-refractivity contribution in [2.75, 3.05) is 44.4 Å². The summed E-state index contributed by atoms with van der Waals surface area (Å²) in [6.45, 7) is 6.40. The smallest absolute Gasteiger partial charge is 0.191 e. The van der Waals surface area contributed by atoms with Gasteiger partial charge >= 0.3 is 0 Å². The molecule has 16 heavy (non-hydrogen) atoms. The largest absolute Gasteiger partial charge is 0.382 e. The van der Waals surface area contributed by atoms with Crippen LogP contribution in [0.5, 0.6) is 0 Å². The molecule has 0 spiro atoms. The van der Waals surface area contributed by atoms with E-state index in [1.165, 1.54) is 0 Å². The number of guanidine groups is 1. The average molecular weight is 359 g/mol. The minimum atomic E-state index is 0. The molecule has 0 bridgehead atoms. The standard InChI is InChI=1S/C10H21N3OS.HI/c1-2-14-7-3-4-12-10(11)13-5-8-15-9-6-13;/h2-9H2,1H3,(H2,11,12);1H. The van der Waals surface area contributed by atoms with E-state index >= 15 is 0 Å². The maximum atomic E-state index is 5.89. The summed E-state index contributed by atoms with van der Waals surface area (Å²) in [6, 6.07) is 0. The second kappa shape index (κ2) is 10.5. The maximum Gasteiger partial charge on any atom is 0.191 e. The lowest BCUT2D eigenvalue weighted by molar-refractivity contribution is 0.146. The van der Waals surface area contributed by atoms with Crippen LogP contribution in [0.2, 0.25) is 0 Å². The minimum Gasteiger partial charge on any atom is -0.382 e. The summed E-state index contributed by atoms with van der Waals surface area (Å²) in [6.07, 6.45) is 0.955. The van der Waals surface area contributed by atoms with Gasteiger partial charge in [0, 0.05) is 44.4 Å². The number of rotatable bonds is 5. The van der Waals surface area contributed by atoms with E-state index in [1.54, 1.807) is 0 Å². The summed E-state index contributed by atoms with van der Waals surface area (Å²) in [5.74, 6) is 3.02. The number of hydrogen-bond donors (Lipinski definition) is 1. The molecule has 0 aliphatic carbocycles. The predicted octanol–water partition coefficient (Wildman–Crippen LogP) is 1.39. The lowest BCUT2D eigenvalue weighted by Gasteiger charge is -2.27. The van der Waals surface area contributed by atoms with Gasteiger partial charge in [-0.25, -0.2) is 0 Å². The van der Waals surface area contributed by atoms with Crippen molar-refractivity contribution in [3.8, 4) is 0 Å². The quantitative estimate of drug-likeness (QED) is 0.349. The summed E-state index contributed by atoms with van der Waals surface area (Å²) < 4.78 is 5.23. The van der Waals surface area contributed by atoms with Gasteiger partial charge < -0.3 is 15.4 Å². The molecule has 96 valence electrons. The molecule has 0 aromatic carbocycles. The first-order valence-electron chi connectivity index (χ1n) is 5.55. The summed E-state index contributed by atoms with van der Waals surface area (Å²) in [7, 11) is 0. The molecule has 1 heterocycles. The molecule has 0 radical (unpaired) electrons. The number of thioether (sulfide) groups is 1. The molecule has 6 heteroatoms. The Labute approximate surface area is 119 Å². The fourth-order valence-corrected chi connectivity index (χ4v) is 2.30. The van der Waals surface area contributed by atoms with E-state index < -0.39 is 0 Å². The first kappa shape index (κ1) is 16.3. The summed E-state index contributed by atoms with van der Waals surface area (Å²) in [5, 5.41) is 0. The lowest BCUT2D eigenvalue weighted by atomic mass is 10.4. The highest BCUT2D eigenvalue weighted by molar-refractivity contribution is 14.0. The average Bonchev–Trinajstić information content (AvgIpc) is 2.30. The molecule has 0 amide bonds. The third kappa shape index (κ3) is 6.80. The van der Waals surface area contributed by atoms with Gasteiger partial charge in [-0.3, -0.25) is 4.99 Å². The molecule has 1 aliphatic heterocycles. The summed E-state index contributed by atoms with van der Waals surface area (Å²) in [4.78, 5) is 6.51. The van der Waals surface area contributed by atoms with Crippen LogP contribution in [0.4, 0.5) is 0 Å². The topological polar surface area (TPSA) is 50.9 Å². The van der Waals surface area contributed by atoms with Gasteiger partial charge in [-0.1, -0.05) is 0 Å². The minimum absolute atomic E-state index is 0. The Morgan fingerprint density at radius 2 is 2.12 bits per heavy atom. The van der Waals surface area contributed by atoms with Crippen molar-refractivity contribution in [2.24, 2.45) is 10.7 Å². The Morgan fingerprint density at radius 3 is 2.75 bits per heavy atom. The van der Waals surface area contributed by atoms with E-state index in [0.717, 1.165) is 50.8 Å². The number of nitrogens with two attached hydrogens (primary N) is 1. The van der Waals surface area contributed by atoms with E-state index in [4.69, 9.17) is 10.5 Å². The molecular formula is C10H22IN3OS. The second-order valence-electron chi connectivity index (χ2n) is 3.39. The van der Waals surface area contributed by atoms with Gasteiger partial charge in [0.2, 0.25) is 0 Å². The number of ether oxygens (including phenoxy) is 1. The third-order valence-electron chi connectivity index (χ3n) is 2.26. The van der Waals surface area contributed by atoms with E-state index in [2.05, 4.69) is 9.89 Å². The Bertz CT molecular complexity index is 199. The van der Waals surface area contributed by atoms with Gasteiger partial charge in [0.05, 0.1) is 0 Å². The van der Waals surface area contributed by atoms with Gasteiger partial charge in [-0.05, 0) is 13.3 Å². The van der Waals surface area contributed by atoms with Crippen LogP contribution in [0, 0.1) is 0 Å². The molecule has 1 aliphatic rings. The van der Waals surface area contributed by atoms with Crippen LogP contribution in [-0.2, 0) is 4.74 Å². The molecule has 4 nitrogen and oxygen atoms in total. The zero-order valence-corrected chi connectivity index (χ0v) is 13.0. The van der Waals surface area contributed by atoms with Crippen molar-refractivity contribution < 1.29 is 4.74 Å². The summed E-state index contributed by atoms with van der Waals surface area (Å²) in [5.41, 5.74) is 5.89. The molecule has 1 rings (SSSR count). The van der Waals surface area contributed by atoms with Crippen molar-refractivity contribution in [3.05, 3.63) is 0 Å². The highest BCUT2D eigenvalue weighted by Gasteiger charge is 2.11. The van der Waals surface area contributed by atoms with Crippen LogP contribution in [-0.4, -0.2) is 55.2 Å². The van der Waals surface area contributed by atoms with E-state index in [9.17, 15) is 0 Å². The van der Waals surface area contributed by atoms with Gasteiger partial charge in [0.25, 0.3) is 0 Å². The number of aliphatic imine (C=N–C) groups is 1. The van der Waals surface area contributed by atoms with Crippen LogP contribution in [0.1, 0.15) is 13.3 Å². The second-order valence-corrected chi connectivity index (χ2v) is 4.61. The Balaban J connectivity index is 0.00000225. The normalized spacial score (nSPS) is 17.1. The van der Waals surface area contributed by atoms with Gasteiger partial charge in [0.15, 0.2) is 5.96 Å². The third-order valence-corrected chi connectivity index (χ3v) is 3.20. The molecule has 1 saturated heterocycles. The molecule has 2 N–H and O–H groups in total. The molecule has 0 saturated carbocycles. The monoisotopic (exact) mass is 359 g/mol. The Hall–Kier alpha value is 0.310. The van der Waals surface area contributed by atoms with Crippen molar-refractivity contribution in [1.82, 2.24) is 4.90 Å².